The summed E-state index contributed by atoms with van der Waals surface area (Å²) in [4.78, 5) is 12.5. The van der Waals surface area contributed by atoms with Crippen molar-refractivity contribution in [1.29, 1.82) is 0 Å². The van der Waals surface area contributed by atoms with Gasteiger partial charge >= 0.3 is 6.18 Å². The fourth-order valence-corrected chi connectivity index (χ4v) is 2.77. The Kier molecular flexibility index (Phi) is 6.44. The lowest BCUT2D eigenvalue weighted by Gasteiger charge is -2.30. The summed E-state index contributed by atoms with van der Waals surface area (Å²) in [5.74, 6) is -0.915. The molecule has 2 N–H and O–H groups in total. The molecule has 5 nitrogen and oxygen atoms in total. The molecule has 1 rings (SSSR count). The molecule has 8 heteroatoms. The fraction of sp³-hybridized carbons (Fsp3) is 0.750. The van der Waals surface area contributed by atoms with Crippen LogP contribution in [0.15, 0.2) is 0 Å². The van der Waals surface area contributed by atoms with Crippen LogP contribution in [-0.4, -0.2) is 39.1 Å². The highest BCUT2D eigenvalue weighted by atomic mass is 19.4. The smallest absolute Gasteiger partial charge is 0.396 e. The molecule has 1 aromatic rings. The van der Waals surface area contributed by atoms with Crippen molar-refractivity contribution in [3.05, 3.63) is 17.0 Å². The van der Waals surface area contributed by atoms with Crippen LogP contribution in [0.4, 0.5) is 13.2 Å². The van der Waals surface area contributed by atoms with Gasteiger partial charge in [-0.25, -0.2) is 0 Å². The number of nitrogens with zero attached hydrogens (tertiary/aromatic N) is 2. The fourth-order valence-electron chi connectivity index (χ4n) is 2.77. The standard InChI is InChI=1S/C16H26F3N3O2/c1-6-15(5,7-8-23)20-14(24)10(2)13-11(3)21-22(12(13)4)9-16(17,18)19/h10,23H,6-9H2,1-5H3,(H,20,24). The highest BCUT2D eigenvalue weighted by molar-refractivity contribution is 5.84. The number of hydrogen-bond acceptors (Lipinski definition) is 3. The summed E-state index contributed by atoms with van der Waals surface area (Å²) >= 11 is 0. The Labute approximate surface area is 140 Å². The van der Waals surface area contributed by atoms with E-state index in [2.05, 4.69) is 10.4 Å². The van der Waals surface area contributed by atoms with Crippen molar-refractivity contribution in [3.8, 4) is 0 Å². The number of aromatic nitrogens is 2. The number of halogens is 3. The summed E-state index contributed by atoms with van der Waals surface area (Å²) in [6.07, 6.45) is -3.32. The van der Waals surface area contributed by atoms with E-state index < -0.39 is 24.2 Å². The molecule has 1 heterocycles. The summed E-state index contributed by atoms with van der Waals surface area (Å²) in [5.41, 5.74) is 0.718. The van der Waals surface area contributed by atoms with Crippen LogP contribution in [0.25, 0.3) is 0 Å². The number of rotatable bonds is 7. The highest BCUT2D eigenvalue weighted by Crippen LogP contribution is 2.27. The van der Waals surface area contributed by atoms with Crippen LogP contribution in [0.5, 0.6) is 0 Å². The largest absolute Gasteiger partial charge is 0.408 e. The molecule has 0 saturated heterocycles. The van der Waals surface area contributed by atoms with Crippen molar-refractivity contribution in [2.45, 2.75) is 71.6 Å². The molecular weight excluding hydrogens is 323 g/mol. The number of hydrogen-bond donors (Lipinski definition) is 2. The lowest BCUT2D eigenvalue weighted by atomic mass is 9.92. The number of nitrogens with one attached hydrogen (secondary N) is 1. The van der Waals surface area contributed by atoms with Crippen molar-refractivity contribution in [1.82, 2.24) is 15.1 Å². The first-order valence-electron chi connectivity index (χ1n) is 7.97. The zero-order chi connectivity index (χ0) is 18.7. The quantitative estimate of drug-likeness (QED) is 0.795. The zero-order valence-electron chi connectivity index (χ0n) is 14.8. The Hall–Kier alpha value is -1.57. The van der Waals surface area contributed by atoms with Crippen molar-refractivity contribution < 1.29 is 23.1 Å². The summed E-state index contributed by atoms with van der Waals surface area (Å²) in [7, 11) is 0. The minimum absolute atomic E-state index is 0.0550. The molecular formula is C16H26F3N3O2. The van der Waals surface area contributed by atoms with Gasteiger partial charge in [0, 0.05) is 23.4 Å². The normalized spacial score (nSPS) is 15.9. The van der Waals surface area contributed by atoms with Crippen LogP contribution in [0, 0.1) is 13.8 Å². The Balaban J connectivity index is 3.03. The van der Waals surface area contributed by atoms with Crippen molar-refractivity contribution in [2.75, 3.05) is 6.61 Å². The molecule has 0 aromatic carbocycles. The van der Waals surface area contributed by atoms with Gasteiger partial charge in [-0.05, 0) is 40.5 Å². The molecule has 1 amide bonds. The van der Waals surface area contributed by atoms with E-state index in [-0.39, 0.29) is 12.5 Å². The Morgan fingerprint density at radius 1 is 1.38 bits per heavy atom. The molecule has 0 radical (unpaired) electrons. The predicted octanol–water partition coefficient (Wildman–Crippen LogP) is 2.83. The predicted molar refractivity (Wildman–Crippen MR) is 84.7 cm³/mol. The maximum atomic E-state index is 12.6. The van der Waals surface area contributed by atoms with Crippen LogP contribution in [0.1, 0.15) is 56.5 Å². The van der Waals surface area contributed by atoms with Crippen molar-refractivity contribution in [3.63, 3.8) is 0 Å². The minimum Gasteiger partial charge on any atom is -0.396 e. The Morgan fingerprint density at radius 3 is 2.42 bits per heavy atom. The van der Waals surface area contributed by atoms with Gasteiger partial charge in [-0.1, -0.05) is 6.92 Å². The summed E-state index contributed by atoms with van der Waals surface area (Å²) < 4.78 is 38.7. The van der Waals surface area contributed by atoms with Gasteiger partial charge < -0.3 is 10.4 Å². The van der Waals surface area contributed by atoms with E-state index >= 15 is 0 Å². The van der Waals surface area contributed by atoms with Crippen LogP contribution in [0.2, 0.25) is 0 Å². The Morgan fingerprint density at radius 2 is 1.96 bits per heavy atom. The van der Waals surface area contributed by atoms with Crippen LogP contribution >= 0.6 is 0 Å². The van der Waals surface area contributed by atoms with E-state index in [1.807, 2.05) is 13.8 Å². The third-order valence-electron chi connectivity index (χ3n) is 4.46. The number of amides is 1. The van der Waals surface area contributed by atoms with Gasteiger partial charge in [0.2, 0.25) is 5.91 Å². The third-order valence-corrected chi connectivity index (χ3v) is 4.46. The number of carbonyl (C=O) groups is 1. The second-order valence-corrected chi connectivity index (χ2v) is 6.46. The number of aliphatic hydroxyl groups excluding tert-OH is 1. The van der Waals surface area contributed by atoms with Crippen molar-refractivity contribution >= 4 is 5.91 Å². The van der Waals surface area contributed by atoms with Gasteiger partial charge in [0.25, 0.3) is 0 Å². The molecule has 138 valence electrons. The van der Waals surface area contributed by atoms with Gasteiger partial charge in [0.15, 0.2) is 0 Å². The van der Waals surface area contributed by atoms with E-state index in [1.165, 1.54) is 6.92 Å². The molecule has 0 saturated carbocycles. The number of aliphatic hydroxyl groups is 1. The minimum atomic E-state index is -4.37. The first kappa shape index (κ1) is 20.5. The van der Waals surface area contributed by atoms with E-state index in [0.29, 0.717) is 29.8 Å². The van der Waals surface area contributed by atoms with Gasteiger partial charge in [-0.2, -0.15) is 18.3 Å². The molecule has 24 heavy (non-hydrogen) atoms. The van der Waals surface area contributed by atoms with Gasteiger partial charge in [0.05, 0.1) is 11.6 Å². The van der Waals surface area contributed by atoms with E-state index in [4.69, 9.17) is 5.11 Å². The lowest BCUT2D eigenvalue weighted by molar-refractivity contribution is -0.143. The molecule has 2 atom stereocenters. The zero-order valence-corrected chi connectivity index (χ0v) is 14.8. The van der Waals surface area contributed by atoms with E-state index in [0.717, 1.165) is 4.68 Å². The SMILES string of the molecule is CCC(C)(CCO)NC(=O)C(C)c1c(C)nn(CC(F)(F)F)c1C. The van der Waals surface area contributed by atoms with Gasteiger partial charge in [-0.15, -0.1) is 0 Å². The summed E-state index contributed by atoms with van der Waals surface area (Å²) in [6.45, 7) is 7.30. The third kappa shape index (κ3) is 4.96. The summed E-state index contributed by atoms with van der Waals surface area (Å²) in [5, 5.41) is 16.0. The molecule has 2 unspecified atom stereocenters. The van der Waals surface area contributed by atoms with Gasteiger partial charge in [0.1, 0.15) is 6.54 Å². The van der Waals surface area contributed by atoms with Gasteiger partial charge in [-0.3, -0.25) is 9.48 Å². The molecule has 0 spiro atoms. The summed E-state index contributed by atoms with van der Waals surface area (Å²) in [6, 6.07) is 0. The van der Waals surface area contributed by atoms with Crippen LogP contribution in [-0.2, 0) is 11.3 Å². The number of alkyl halides is 3. The van der Waals surface area contributed by atoms with Crippen LogP contribution in [0.3, 0.4) is 0 Å². The van der Waals surface area contributed by atoms with Crippen LogP contribution < -0.4 is 5.32 Å². The topological polar surface area (TPSA) is 67.2 Å². The molecule has 0 aliphatic rings. The molecule has 0 bridgehead atoms. The maximum absolute atomic E-state index is 12.6. The highest BCUT2D eigenvalue weighted by Gasteiger charge is 2.33. The molecule has 0 fully saturated rings. The average molecular weight is 349 g/mol. The second-order valence-electron chi connectivity index (χ2n) is 6.46. The van der Waals surface area contributed by atoms with E-state index in [1.54, 1.807) is 13.8 Å². The molecule has 0 aliphatic carbocycles. The van der Waals surface area contributed by atoms with Crippen molar-refractivity contribution in [2.24, 2.45) is 0 Å². The van der Waals surface area contributed by atoms with E-state index in [9.17, 15) is 18.0 Å². The number of carbonyl (C=O) groups excluding carboxylic acids is 1. The average Bonchev–Trinajstić information content (AvgIpc) is 2.70. The first-order chi connectivity index (χ1) is 10.9. The lowest BCUT2D eigenvalue weighted by Crippen LogP contribution is -2.47. The number of aryl methyl sites for hydroxylation is 1. The second kappa shape index (κ2) is 7.55. The molecule has 1 aromatic heterocycles. The Bertz CT molecular complexity index is 584. The first-order valence-corrected chi connectivity index (χ1v) is 7.97. The maximum Gasteiger partial charge on any atom is 0.408 e. The monoisotopic (exact) mass is 349 g/mol. The molecule has 0 aliphatic heterocycles.